The predicted octanol–water partition coefficient (Wildman–Crippen LogP) is 2.98. The van der Waals surface area contributed by atoms with E-state index in [0.717, 1.165) is 73.1 Å². The first-order chi connectivity index (χ1) is 15.7. The van der Waals surface area contributed by atoms with Crippen molar-refractivity contribution in [1.29, 1.82) is 0 Å². The number of hydrogen-bond donors (Lipinski definition) is 1. The highest BCUT2D eigenvalue weighted by atomic mass is 32.1. The number of ether oxygens (including phenoxy) is 2. The van der Waals surface area contributed by atoms with E-state index in [-0.39, 0.29) is 5.92 Å². The number of hydrogen-bond acceptors (Lipinski definition) is 9. The molecule has 0 radical (unpaired) electrons. The van der Waals surface area contributed by atoms with Crippen LogP contribution >= 0.6 is 11.3 Å². The fourth-order valence-electron chi connectivity index (χ4n) is 4.60. The Morgan fingerprint density at radius 1 is 1.19 bits per heavy atom. The van der Waals surface area contributed by atoms with Gasteiger partial charge in [-0.1, -0.05) is 0 Å². The van der Waals surface area contributed by atoms with Crippen LogP contribution in [-0.2, 0) is 9.47 Å². The van der Waals surface area contributed by atoms with Crippen LogP contribution in [0.15, 0.2) is 36.1 Å². The molecule has 1 aromatic carbocycles. The molecule has 0 bridgehead atoms. The number of anilines is 2. The van der Waals surface area contributed by atoms with Crippen molar-refractivity contribution in [2.75, 3.05) is 49.2 Å². The number of aromatic nitrogens is 3. The standard InChI is InChI=1S/C22H26N6O3S/c23-22(29)31-19(21-24-5-11-32-21)15-2-1-6-28(13-15)20-17-4-3-16(12-18(17)25-14-26-20)27-7-9-30-10-8-27/h3-5,11-12,14-15,19H,1-2,6-10,13H2,(H2,23,29). The number of fused-ring (bicyclic) bond motifs is 1. The van der Waals surface area contributed by atoms with Gasteiger partial charge in [0.15, 0.2) is 6.10 Å². The van der Waals surface area contributed by atoms with E-state index in [2.05, 4.69) is 43.0 Å². The number of amides is 1. The van der Waals surface area contributed by atoms with Gasteiger partial charge >= 0.3 is 6.09 Å². The molecule has 2 N–H and O–H groups in total. The minimum atomic E-state index is -0.773. The second kappa shape index (κ2) is 9.25. The van der Waals surface area contributed by atoms with Gasteiger partial charge in [-0.15, -0.1) is 11.3 Å². The molecule has 5 rings (SSSR count). The molecule has 3 aromatic rings. The predicted molar refractivity (Wildman–Crippen MR) is 123 cm³/mol. The first-order valence-corrected chi connectivity index (χ1v) is 11.7. The Morgan fingerprint density at radius 2 is 2.06 bits per heavy atom. The molecule has 2 aliphatic heterocycles. The van der Waals surface area contributed by atoms with Gasteiger partial charge in [-0.05, 0) is 31.0 Å². The number of piperidine rings is 1. The van der Waals surface area contributed by atoms with Gasteiger partial charge in [-0.3, -0.25) is 0 Å². The fourth-order valence-corrected chi connectivity index (χ4v) is 5.36. The molecule has 32 heavy (non-hydrogen) atoms. The third-order valence-corrected chi connectivity index (χ3v) is 6.94. The number of thiazole rings is 1. The lowest BCUT2D eigenvalue weighted by Crippen LogP contribution is -2.40. The minimum absolute atomic E-state index is 0.0834. The van der Waals surface area contributed by atoms with Crippen molar-refractivity contribution in [1.82, 2.24) is 15.0 Å². The van der Waals surface area contributed by atoms with Gasteiger partial charge < -0.3 is 25.0 Å². The molecule has 10 heteroatoms. The molecule has 2 unspecified atom stereocenters. The monoisotopic (exact) mass is 454 g/mol. The molecular weight excluding hydrogens is 428 g/mol. The summed E-state index contributed by atoms with van der Waals surface area (Å²) in [5, 5.41) is 3.68. The molecule has 2 aromatic heterocycles. The van der Waals surface area contributed by atoms with Crippen LogP contribution in [-0.4, -0.2) is 60.4 Å². The first kappa shape index (κ1) is 20.9. The van der Waals surface area contributed by atoms with E-state index >= 15 is 0 Å². The summed E-state index contributed by atoms with van der Waals surface area (Å²) in [5.41, 5.74) is 7.45. The second-order valence-electron chi connectivity index (χ2n) is 8.07. The SMILES string of the molecule is NC(=O)OC(c1nccs1)C1CCCN(c2ncnc3cc(N4CCOCC4)ccc23)C1. The summed E-state index contributed by atoms with van der Waals surface area (Å²) in [6.07, 6.45) is 4.02. The van der Waals surface area contributed by atoms with Crippen molar-refractivity contribution >= 4 is 39.8 Å². The number of rotatable bonds is 5. The Labute approximate surface area is 190 Å². The van der Waals surface area contributed by atoms with Crippen LogP contribution in [0.5, 0.6) is 0 Å². The van der Waals surface area contributed by atoms with E-state index in [1.165, 1.54) is 11.3 Å². The molecule has 4 heterocycles. The van der Waals surface area contributed by atoms with Crippen molar-refractivity contribution < 1.29 is 14.3 Å². The van der Waals surface area contributed by atoms with Crippen LogP contribution in [0.4, 0.5) is 16.3 Å². The highest BCUT2D eigenvalue weighted by Crippen LogP contribution is 2.36. The maximum atomic E-state index is 11.6. The summed E-state index contributed by atoms with van der Waals surface area (Å²) in [5.74, 6) is 0.991. The zero-order valence-corrected chi connectivity index (χ0v) is 18.5. The molecule has 0 aliphatic carbocycles. The lowest BCUT2D eigenvalue weighted by molar-refractivity contribution is 0.0616. The van der Waals surface area contributed by atoms with Crippen LogP contribution in [0.2, 0.25) is 0 Å². The van der Waals surface area contributed by atoms with Crippen molar-refractivity contribution in [3.05, 3.63) is 41.1 Å². The maximum absolute atomic E-state index is 11.6. The number of primary amides is 1. The van der Waals surface area contributed by atoms with Crippen molar-refractivity contribution in [2.45, 2.75) is 18.9 Å². The first-order valence-electron chi connectivity index (χ1n) is 10.9. The van der Waals surface area contributed by atoms with Gasteiger partial charge in [-0.2, -0.15) is 0 Å². The molecular formula is C22H26N6O3S. The average Bonchev–Trinajstić information content (AvgIpc) is 3.37. The zero-order valence-electron chi connectivity index (χ0n) is 17.7. The van der Waals surface area contributed by atoms with Crippen molar-refractivity contribution in [3.8, 4) is 0 Å². The van der Waals surface area contributed by atoms with E-state index in [4.69, 9.17) is 15.2 Å². The smallest absolute Gasteiger partial charge is 0.405 e. The lowest BCUT2D eigenvalue weighted by atomic mass is 9.92. The highest BCUT2D eigenvalue weighted by molar-refractivity contribution is 7.09. The highest BCUT2D eigenvalue weighted by Gasteiger charge is 2.33. The maximum Gasteiger partial charge on any atom is 0.405 e. The van der Waals surface area contributed by atoms with Crippen molar-refractivity contribution in [3.63, 3.8) is 0 Å². The molecule has 2 saturated heterocycles. The Bertz CT molecular complexity index is 1070. The number of nitrogens with zero attached hydrogens (tertiary/aromatic N) is 5. The topological polar surface area (TPSA) is 107 Å². The molecule has 0 saturated carbocycles. The van der Waals surface area contributed by atoms with Crippen LogP contribution in [0.1, 0.15) is 24.0 Å². The van der Waals surface area contributed by atoms with Crippen LogP contribution in [0.25, 0.3) is 10.9 Å². The van der Waals surface area contributed by atoms with Crippen molar-refractivity contribution in [2.24, 2.45) is 11.7 Å². The summed E-state index contributed by atoms with van der Waals surface area (Å²) in [6.45, 7) is 4.85. The van der Waals surface area contributed by atoms with E-state index in [1.807, 2.05) is 5.38 Å². The van der Waals surface area contributed by atoms with E-state index in [1.54, 1.807) is 12.5 Å². The molecule has 0 spiro atoms. The third-order valence-electron chi connectivity index (χ3n) is 6.10. The van der Waals surface area contributed by atoms with Gasteiger partial charge in [0, 0.05) is 54.7 Å². The molecule has 1 amide bonds. The zero-order chi connectivity index (χ0) is 21.9. The summed E-state index contributed by atoms with van der Waals surface area (Å²) < 4.78 is 11.0. The largest absolute Gasteiger partial charge is 0.439 e. The number of morpholine rings is 1. The molecule has 168 valence electrons. The summed E-state index contributed by atoms with van der Waals surface area (Å²) >= 11 is 1.48. The van der Waals surface area contributed by atoms with Gasteiger partial charge in [0.2, 0.25) is 0 Å². The third kappa shape index (κ3) is 4.33. The Hall–Kier alpha value is -2.98. The van der Waals surface area contributed by atoms with Gasteiger partial charge in [0.25, 0.3) is 0 Å². The van der Waals surface area contributed by atoms with Gasteiger partial charge in [0.05, 0.1) is 18.7 Å². The van der Waals surface area contributed by atoms with Gasteiger partial charge in [-0.25, -0.2) is 19.7 Å². The number of nitrogens with two attached hydrogens (primary N) is 1. The normalized spacial score (nSPS) is 20.3. The van der Waals surface area contributed by atoms with Crippen LogP contribution < -0.4 is 15.5 Å². The average molecular weight is 455 g/mol. The quantitative estimate of drug-likeness (QED) is 0.627. The summed E-state index contributed by atoms with van der Waals surface area (Å²) in [4.78, 5) is 29.7. The number of benzene rings is 1. The Morgan fingerprint density at radius 3 is 2.84 bits per heavy atom. The molecule has 9 nitrogen and oxygen atoms in total. The Kier molecular flexibility index (Phi) is 6.04. The lowest BCUT2D eigenvalue weighted by Gasteiger charge is -2.36. The van der Waals surface area contributed by atoms with E-state index < -0.39 is 12.2 Å². The number of carbonyl (C=O) groups excluding carboxylic acids is 1. The minimum Gasteiger partial charge on any atom is -0.439 e. The summed E-state index contributed by atoms with van der Waals surface area (Å²) in [6, 6.07) is 6.37. The summed E-state index contributed by atoms with van der Waals surface area (Å²) in [7, 11) is 0. The second-order valence-corrected chi connectivity index (χ2v) is 9.00. The molecule has 2 aliphatic rings. The Balaban J connectivity index is 1.41. The molecule has 2 atom stereocenters. The number of carbonyl (C=O) groups is 1. The van der Waals surface area contributed by atoms with Gasteiger partial charge in [0.1, 0.15) is 17.2 Å². The fraction of sp³-hybridized carbons (Fsp3) is 0.455. The van der Waals surface area contributed by atoms with Crippen LogP contribution in [0.3, 0.4) is 0 Å². The van der Waals surface area contributed by atoms with E-state index in [9.17, 15) is 4.79 Å². The molecule has 2 fully saturated rings. The van der Waals surface area contributed by atoms with Crippen LogP contribution in [0, 0.1) is 5.92 Å². The van der Waals surface area contributed by atoms with E-state index in [0.29, 0.717) is 6.54 Å².